The van der Waals surface area contributed by atoms with Crippen LogP contribution in [0.4, 0.5) is 0 Å². The van der Waals surface area contributed by atoms with E-state index in [0.29, 0.717) is 11.8 Å². The van der Waals surface area contributed by atoms with Crippen LogP contribution in [0.3, 0.4) is 0 Å². The number of rotatable bonds is 0. The number of nitrogens with zero attached hydrogens (tertiary/aromatic N) is 1. The van der Waals surface area contributed by atoms with Crippen molar-refractivity contribution in [3.63, 3.8) is 0 Å². The Labute approximate surface area is 128 Å². The van der Waals surface area contributed by atoms with E-state index in [2.05, 4.69) is 11.9 Å². The predicted molar refractivity (Wildman–Crippen MR) is 82.6 cm³/mol. The van der Waals surface area contributed by atoms with E-state index < -0.39 is 0 Å². The first-order chi connectivity index (χ1) is 10.1. The van der Waals surface area contributed by atoms with Gasteiger partial charge < -0.3 is 14.7 Å². The van der Waals surface area contributed by atoms with E-state index in [1.54, 1.807) is 6.07 Å². The minimum absolute atomic E-state index is 0.287. The van der Waals surface area contributed by atoms with Gasteiger partial charge in [-0.15, -0.1) is 0 Å². The van der Waals surface area contributed by atoms with E-state index in [1.165, 1.54) is 0 Å². The van der Waals surface area contributed by atoms with Gasteiger partial charge in [-0.25, -0.2) is 0 Å². The molecule has 0 saturated carbocycles. The fourth-order valence-electron chi connectivity index (χ4n) is 3.57. The number of phenolic OH excluding ortho intramolecular Hbond substituents is 1. The molecule has 2 aromatic carbocycles. The summed E-state index contributed by atoms with van der Waals surface area (Å²) >= 11 is 6.18. The van der Waals surface area contributed by atoms with Crippen molar-refractivity contribution in [3.05, 3.63) is 52.5 Å². The fourth-order valence-corrected chi connectivity index (χ4v) is 3.75. The highest BCUT2D eigenvalue weighted by Gasteiger charge is 2.38. The third kappa shape index (κ3) is 2.08. The average Bonchev–Trinajstić information content (AvgIpc) is 2.79. The molecule has 21 heavy (non-hydrogen) atoms. The van der Waals surface area contributed by atoms with Crippen LogP contribution in [0.5, 0.6) is 17.2 Å². The molecule has 0 bridgehead atoms. The summed E-state index contributed by atoms with van der Waals surface area (Å²) in [6.45, 7) is 1.92. The Morgan fingerprint density at radius 3 is 2.38 bits per heavy atom. The van der Waals surface area contributed by atoms with Crippen LogP contribution in [0.25, 0.3) is 0 Å². The lowest BCUT2D eigenvalue weighted by Gasteiger charge is -2.17. The SMILES string of the molecule is CN1CC2c3cc(Cl)ccc3Oc3ccc(O)cc3[C@H]2C1. The van der Waals surface area contributed by atoms with Gasteiger partial charge in [0.15, 0.2) is 0 Å². The quantitative estimate of drug-likeness (QED) is 0.799. The zero-order chi connectivity index (χ0) is 14.6. The van der Waals surface area contributed by atoms with Crippen molar-refractivity contribution >= 4 is 11.6 Å². The largest absolute Gasteiger partial charge is 0.508 e. The molecule has 0 radical (unpaired) electrons. The summed E-state index contributed by atoms with van der Waals surface area (Å²) in [7, 11) is 2.13. The number of hydrogen-bond acceptors (Lipinski definition) is 3. The lowest BCUT2D eigenvalue weighted by Crippen LogP contribution is -2.14. The van der Waals surface area contributed by atoms with Crippen LogP contribution in [-0.2, 0) is 0 Å². The van der Waals surface area contributed by atoms with Gasteiger partial charge in [0.05, 0.1) is 0 Å². The smallest absolute Gasteiger partial charge is 0.131 e. The topological polar surface area (TPSA) is 32.7 Å². The van der Waals surface area contributed by atoms with Gasteiger partial charge in [0.2, 0.25) is 0 Å². The number of phenols is 1. The average molecular weight is 302 g/mol. The van der Waals surface area contributed by atoms with E-state index >= 15 is 0 Å². The Morgan fingerprint density at radius 1 is 1.05 bits per heavy atom. The van der Waals surface area contributed by atoms with E-state index in [-0.39, 0.29) is 5.75 Å². The van der Waals surface area contributed by atoms with Gasteiger partial charge in [-0.1, -0.05) is 11.6 Å². The molecule has 4 heteroatoms. The molecule has 108 valence electrons. The molecule has 1 N–H and O–H groups in total. The Kier molecular flexibility index (Phi) is 2.88. The molecule has 1 saturated heterocycles. The van der Waals surface area contributed by atoms with Gasteiger partial charge >= 0.3 is 0 Å². The van der Waals surface area contributed by atoms with Gasteiger partial charge in [-0.05, 0) is 43.4 Å². The molecule has 2 aromatic rings. The van der Waals surface area contributed by atoms with Crippen LogP contribution in [0.15, 0.2) is 36.4 Å². The molecule has 2 aliphatic heterocycles. The van der Waals surface area contributed by atoms with Gasteiger partial charge in [0, 0.05) is 41.1 Å². The molecule has 2 atom stereocenters. The molecular weight excluding hydrogens is 286 g/mol. The second kappa shape index (κ2) is 4.65. The number of benzene rings is 2. The van der Waals surface area contributed by atoms with Crippen molar-refractivity contribution in [2.75, 3.05) is 20.1 Å². The monoisotopic (exact) mass is 301 g/mol. The maximum atomic E-state index is 9.84. The zero-order valence-corrected chi connectivity index (χ0v) is 12.5. The number of hydrogen-bond donors (Lipinski definition) is 1. The lowest BCUT2D eigenvalue weighted by atomic mass is 9.84. The summed E-state index contributed by atoms with van der Waals surface area (Å²) in [5, 5.41) is 10.6. The molecular formula is C17H16ClNO2. The maximum absolute atomic E-state index is 9.84. The van der Waals surface area contributed by atoms with Crippen molar-refractivity contribution in [3.8, 4) is 17.2 Å². The highest BCUT2D eigenvalue weighted by atomic mass is 35.5. The fraction of sp³-hybridized carbons (Fsp3) is 0.294. The predicted octanol–water partition coefficient (Wildman–Crippen LogP) is 3.96. The highest BCUT2D eigenvalue weighted by molar-refractivity contribution is 6.30. The van der Waals surface area contributed by atoms with Crippen molar-refractivity contribution < 1.29 is 9.84 Å². The van der Waals surface area contributed by atoms with Crippen molar-refractivity contribution in [2.24, 2.45) is 0 Å². The van der Waals surface area contributed by atoms with Crippen LogP contribution >= 0.6 is 11.6 Å². The highest BCUT2D eigenvalue weighted by Crippen LogP contribution is 2.50. The summed E-state index contributed by atoms with van der Waals surface area (Å²) in [5.74, 6) is 2.64. The molecule has 4 rings (SSSR count). The van der Waals surface area contributed by atoms with Gasteiger partial charge in [-0.2, -0.15) is 0 Å². The molecule has 1 fully saturated rings. The van der Waals surface area contributed by atoms with Gasteiger partial charge in [0.1, 0.15) is 17.2 Å². The number of ether oxygens (including phenoxy) is 1. The normalized spacial score (nSPS) is 23.7. The number of likely N-dealkylation sites (tertiary alicyclic amines) is 1. The Bertz CT molecular complexity index is 656. The third-order valence-corrected chi connectivity index (χ3v) is 4.72. The molecule has 1 unspecified atom stereocenters. The number of halogens is 1. The third-order valence-electron chi connectivity index (χ3n) is 4.49. The van der Waals surface area contributed by atoms with Gasteiger partial charge in [-0.3, -0.25) is 0 Å². The van der Waals surface area contributed by atoms with Crippen LogP contribution in [-0.4, -0.2) is 30.1 Å². The first-order valence-electron chi connectivity index (χ1n) is 7.10. The lowest BCUT2D eigenvalue weighted by molar-refractivity contribution is 0.400. The maximum Gasteiger partial charge on any atom is 0.131 e. The molecule has 0 amide bonds. The second-order valence-electron chi connectivity index (χ2n) is 5.94. The summed E-state index contributed by atoms with van der Waals surface area (Å²) in [6, 6.07) is 11.2. The standard InChI is InChI=1S/C17H16ClNO2/c1-19-8-14-12-6-10(18)2-4-16(12)21-17-5-3-11(20)7-13(17)15(14)9-19/h2-7,14-15,20H,8-9H2,1H3/t14?,15-/m1/s1. The summed E-state index contributed by atoms with van der Waals surface area (Å²) in [4.78, 5) is 2.32. The van der Waals surface area contributed by atoms with Crippen molar-refractivity contribution in [1.82, 2.24) is 4.90 Å². The molecule has 0 aromatic heterocycles. The number of aromatic hydroxyl groups is 1. The summed E-state index contributed by atoms with van der Waals surface area (Å²) in [5.41, 5.74) is 2.24. The molecule has 3 nitrogen and oxygen atoms in total. The summed E-state index contributed by atoms with van der Waals surface area (Å²) < 4.78 is 6.10. The summed E-state index contributed by atoms with van der Waals surface area (Å²) in [6.07, 6.45) is 0. The minimum atomic E-state index is 0.287. The van der Waals surface area contributed by atoms with Crippen molar-refractivity contribution in [1.29, 1.82) is 0 Å². The first-order valence-corrected chi connectivity index (χ1v) is 7.48. The Morgan fingerprint density at radius 2 is 1.67 bits per heavy atom. The second-order valence-corrected chi connectivity index (χ2v) is 6.38. The molecule has 2 aliphatic rings. The number of likely N-dealkylation sites (N-methyl/N-ethyl adjacent to an activating group) is 1. The van der Waals surface area contributed by atoms with Crippen LogP contribution in [0, 0.1) is 0 Å². The zero-order valence-electron chi connectivity index (χ0n) is 11.7. The van der Waals surface area contributed by atoms with E-state index in [0.717, 1.165) is 40.7 Å². The molecule has 2 heterocycles. The number of fused-ring (bicyclic) bond motifs is 5. The Balaban J connectivity index is 1.93. The first kappa shape index (κ1) is 13.0. The van der Waals surface area contributed by atoms with E-state index in [1.807, 2.05) is 30.3 Å². The molecule has 0 aliphatic carbocycles. The van der Waals surface area contributed by atoms with Gasteiger partial charge in [0.25, 0.3) is 0 Å². The minimum Gasteiger partial charge on any atom is -0.508 e. The molecule has 0 spiro atoms. The van der Waals surface area contributed by atoms with Crippen LogP contribution in [0.2, 0.25) is 5.02 Å². The Hall–Kier alpha value is -1.71. The van der Waals surface area contributed by atoms with Crippen LogP contribution in [0.1, 0.15) is 23.0 Å². The van der Waals surface area contributed by atoms with Crippen molar-refractivity contribution in [2.45, 2.75) is 11.8 Å². The van der Waals surface area contributed by atoms with E-state index in [4.69, 9.17) is 16.3 Å². The van der Waals surface area contributed by atoms with E-state index in [9.17, 15) is 5.11 Å². The van der Waals surface area contributed by atoms with Crippen LogP contribution < -0.4 is 4.74 Å².